The van der Waals surface area contributed by atoms with Crippen molar-refractivity contribution in [1.29, 1.82) is 0 Å². The Labute approximate surface area is 444 Å². The number of benzene rings is 11. The predicted octanol–water partition coefficient (Wildman–Crippen LogP) is 21.4. The van der Waals surface area contributed by atoms with Crippen LogP contribution in [0.1, 0.15) is 58.2 Å². The second-order valence-corrected chi connectivity index (χ2v) is 23.0. The van der Waals surface area contributed by atoms with E-state index in [0.29, 0.717) is 0 Å². The normalized spacial score (nSPS) is 12.6. The Morgan fingerprint density at radius 3 is 1.13 bits per heavy atom. The van der Waals surface area contributed by atoms with Gasteiger partial charge in [0.05, 0.1) is 0 Å². The van der Waals surface area contributed by atoms with Gasteiger partial charge in [-0.3, -0.25) is 0 Å². The molecule has 15 rings (SSSR count). The highest BCUT2D eigenvalue weighted by atomic mass is 16.3. The van der Waals surface area contributed by atoms with E-state index in [1.54, 1.807) is 0 Å². The molecule has 0 saturated carbocycles. The van der Waals surface area contributed by atoms with Gasteiger partial charge in [0.25, 0.3) is 0 Å². The molecule has 11 aromatic carbocycles. The fourth-order valence-electron chi connectivity index (χ4n) is 12.3. The van der Waals surface area contributed by atoms with Crippen molar-refractivity contribution in [2.75, 3.05) is 9.80 Å². The van der Waals surface area contributed by atoms with Gasteiger partial charge in [-0.25, -0.2) is 0 Å². The van der Waals surface area contributed by atoms with Gasteiger partial charge in [-0.05, 0) is 154 Å². The number of rotatable bonds is 6. The molecule has 0 aliphatic carbocycles. The van der Waals surface area contributed by atoms with Gasteiger partial charge in [0.2, 0.25) is 0 Å². The standard InChI is InChI=1S/C71H54N2O4/c1-41-66-56-34-42-24-26-48(72(46-16-10-8-11-17-46)50-28-30-60-54(38-50)52-20-14-22-58(68(52)76-60)70(2,3)4)32-44(42)36-62(56)74-64(66)40-65-67(41)57-35-43-25-27-49(33-45(43)37-63(57)75-65)73(47-18-12-9-13-19-47)51-29-31-61-55(39-51)53-21-15-23-59(69(53)77-61)71(5,6)7/h8-40H,1-7H3. The summed E-state index contributed by atoms with van der Waals surface area (Å²) in [6.07, 6.45) is 0. The average molecular weight is 999 g/mol. The van der Waals surface area contributed by atoms with Gasteiger partial charge in [-0.2, -0.15) is 0 Å². The van der Waals surface area contributed by atoms with Crippen molar-refractivity contribution in [2.45, 2.75) is 59.3 Å². The van der Waals surface area contributed by atoms with Crippen molar-refractivity contribution in [3.05, 3.63) is 217 Å². The third-order valence-electron chi connectivity index (χ3n) is 16.0. The fourth-order valence-corrected chi connectivity index (χ4v) is 12.3. The molecular weight excluding hydrogens is 945 g/mol. The first-order chi connectivity index (χ1) is 37.3. The van der Waals surface area contributed by atoms with Crippen molar-refractivity contribution in [3.63, 3.8) is 0 Å². The van der Waals surface area contributed by atoms with Crippen molar-refractivity contribution in [2.24, 2.45) is 0 Å². The smallest absolute Gasteiger partial charge is 0.139 e. The van der Waals surface area contributed by atoms with E-state index >= 15 is 0 Å². The largest absolute Gasteiger partial charge is 0.456 e. The van der Waals surface area contributed by atoms with Gasteiger partial charge >= 0.3 is 0 Å². The summed E-state index contributed by atoms with van der Waals surface area (Å²) in [6, 6.07) is 71.8. The quantitative estimate of drug-likeness (QED) is 0.165. The molecule has 0 amide bonds. The third kappa shape index (κ3) is 7.08. The second-order valence-electron chi connectivity index (χ2n) is 23.0. The van der Waals surface area contributed by atoms with Crippen LogP contribution in [0.15, 0.2) is 218 Å². The van der Waals surface area contributed by atoms with Crippen LogP contribution in [0.2, 0.25) is 0 Å². The average Bonchev–Trinajstić information content (AvgIpc) is 4.38. The first-order valence-corrected chi connectivity index (χ1v) is 26.6. The van der Waals surface area contributed by atoms with Crippen LogP contribution in [0, 0.1) is 6.92 Å². The molecule has 4 aromatic heterocycles. The number of nitrogens with zero attached hydrogens (tertiary/aromatic N) is 2. The van der Waals surface area contributed by atoms with Crippen LogP contribution in [-0.2, 0) is 10.8 Å². The number of anilines is 6. The maximum absolute atomic E-state index is 6.80. The Bertz CT molecular complexity index is 4600. The molecule has 4 heterocycles. The van der Waals surface area contributed by atoms with Crippen LogP contribution < -0.4 is 9.80 Å². The van der Waals surface area contributed by atoms with Gasteiger partial charge in [0.15, 0.2) is 0 Å². The van der Waals surface area contributed by atoms with E-state index in [9.17, 15) is 0 Å². The molecule has 6 heteroatoms. The van der Waals surface area contributed by atoms with Crippen LogP contribution in [0.4, 0.5) is 34.1 Å². The molecule has 0 unspecified atom stereocenters. The van der Waals surface area contributed by atoms with Gasteiger partial charge in [-0.1, -0.05) is 126 Å². The fraction of sp³-hybridized carbons (Fsp3) is 0.127. The van der Waals surface area contributed by atoms with E-state index in [2.05, 4.69) is 258 Å². The molecule has 0 radical (unpaired) electrons. The minimum atomic E-state index is -0.0523. The third-order valence-corrected chi connectivity index (χ3v) is 16.0. The van der Waals surface area contributed by atoms with E-state index in [4.69, 9.17) is 17.7 Å². The van der Waals surface area contributed by atoms with E-state index in [-0.39, 0.29) is 10.8 Å². The number of fused-ring (bicyclic) bond motifs is 14. The zero-order valence-corrected chi connectivity index (χ0v) is 44.1. The highest BCUT2D eigenvalue weighted by Crippen LogP contribution is 2.47. The van der Waals surface area contributed by atoms with Crippen molar-refractivity contribution in [1.82, 2.24) is 0 Å². The highest BCUT2D eigenvalue weighted by molar-refractivity contribution is 6.21. The number of furan rings is 4. The first kappa shape index (κ1) is 45.2. The molecule has 77 heavy (non-hydrogen) atoms. The maximum atomic E-state index is 6.80. The Balaban J connectivity index is 0.816. The molecule has 0 bridgehead atoms. The molecule has 0 N–H and O–H groups in total. The maximum Gasteiger partial charge on any atom is 0.139 e. The summed E-state index contributed by atoms with van der Waals surface area (Å²) < 4.78 is 26.7. The van der Waals surface area contributed by atoms with E-state index in [0.717, 1.165) is 149 Å². The molecule has 6 nitrogen and oxygen atoms in total. The molecule has 0 saturated heterocycles. The monoisotopic (exact) mass is 998 g/mol. The molecule has 0 atom stereocenters. The molecular formula is C71H54N2O4. The number of hydrogen-bond donors (Lipinski definition) is 0. The first-order valence-electron chi connectivity index (χ1n) is 26.6. The zero-order chi connectivity index (χ0) is 52.1. The Morgan fingerprint density at radius 1 is 0.286 bits per heavy atom. The minimum Gasteiger partial charge on any atom is -0.456 e. The molecule has 15 aromatic rings. The van der Waals surface area contributed by atoms with Gasteiger partial charge in [0.1, 0.15) is 44.7 Å². The van der Waals surface area contributed by atoms with Crippen LogP contribution in [0.25, 0.3) is 109 Å². The molecule has 0 fully saturated rings. The summed E-state index contributed by atoms with van der Waals surface area (Å²) in [4.78, 5) is 4.65. The number of hydrogen-bond acceptors (Lipinski definition) is 6. The highest BCUT2D eigenvalue weighted by Gasteiger charge is 2.25. The lowest BCUT2D eigenvalue weighted by Gasteiger charge is -2.26. The van der Waals surface area contributed by atoms with Gasteiger partial charge < -0.3 is 27.5 Å². The zero-order valence-electron chi connectivity index (χ0n) is 44.1. The molecule has 0 spiro atoms. The summed E-state index contributed by atoms with van der Waals surface area (Å²) in [5.74, 6) is 0. The van der Waals surface area contributed by atoms with Crippen LogP contribution in [-0.4, -0.2) is 0 Å². The van der Waals surface area contributed by atoms with Gasteiger partial charge in [0, 0.05) is 94.4 Å². The lowest BCUT2D eigenvalue weighted by atomic mass is 9.86. The molecule has 0 aliphatic heterocycles. The summed E-state index contributed by atoms with van der Waals surface area (Å²) >= 11 is 0. The van der Waals surface area contributed by atoms with Crippen molar-refractivity contribution >= 4 is 143 Å². The summed E-state index contributed by atoms with van der Waals surface area (Å²) in [5.41, 5.74) is 16.8. The summed E-state index contributed by atoms with van der Waals surface area (Å²) in [7, 11) is 0. The summed E-state index contributed by atoms with van der Waals surface area (Å²) in [6.45, 7) is 15.6. The minimum absolute atomic E-state index is 0.0523. The lowest BCUT2D eigenvalue weighted by molar-refractivity contribution is 0.572. The Morgan fingerprint density at radius 2 is 0.701 bits per heavy atom. The molecule has 372 valence electrons. The van der Waals surface area contributed by atoms with Crippen LogP contribution in [0.3, 0.4) is 0 Å². The lowest BCUT2D eigenvalue weighted by Crippen LogP contribution is -2.10. The SMILES string of the molecule is Cc1c2c(cc3oc4cc5cc(N(c6ccccc6)c6ccc7oc8c(C(C)(C)C)cccc8c7c6)ccc5cc4c13)oc1cc3cc(N(c4ccccc4)c4ccc5oc6c(C(C)(C)C)cccc6c5c4)ccc3cc12. The van der Waals surface area contributed by atoms with Crippen molar-refractivity contribution < 1.29 is 17.7 Å². The summed E-state index contributed by atoms with van der Waals surface area (Å²) in [5, 5.41) is 13.3. The van der Waals surface area contributed by atoms with E-state index in [1.807, 2.05) is 0 Å². The molecule has 0 aliphatic rings. The Hall–Kier alpha value is -9.26. The van der Waals surface area contributed by atoms with Gasteiger partial charge in [-0.15, -0.1) is 0 Å². The number of aryl methyl sites for hydroxylation is 1. The topological polar surface area (TPSA) is 59.0 Å². The Kier molecular flexibility index (Phi) is 9.60. The van der Waals surface area contributed by atoms with E-state index < -0.39 is 0 Å². The van der Waals surface area contributed by atoms with Crippen molar-refractivity contribution in [3.8, 4) is 0 Å². The number of para-hydroxylation sites is 4. The van der Waals surface area contributed by atoms with E-state index in [1.165, 1.54) is 11.1 Å². The predicted molar refractivity (Wildman–Crippen MR) is 322 cm³/mol. The van der Waals surface area contributed by atoms with Crippen LogP contribution >= 0.6 is 0 Å². The van der Waals surface area contributed by atoms with Crippen LogP contribution in [0.5, 0.6) is 0 Å². The second kappa shape index (κ2) is 16.4.